The lowest BCUT2D eigenvalue weighted by atomic mass is 9.76. The summed E-state index contributed by atoms with van der Waals surface area (Å²) < 4.78 is 19.2. The van der Waals surface area contributed by atoms with Gasteiger partial charge in [-0.05, 0) is 129 Å². The second-order valence-corrected chi connectivity index (χ2v) is 16.8. The fraction of sp³-hybridized carbons (Fsp3) is 0.0847. The first-order valence-corrected chi connectivity index (χ1v) is 22.1. The maximum absolute atomic E-state index is 7.00. The Balaban J connectivity index is 1.05. The Bertz CT molecular complexity index is 2930. The first-order valence-electron chi connectivity index (χ1n) is 22.1. The van der Waals surface area contributed by atoms with E-state index < -0.39 is 7.12 Å². The van der Waals surface area contributed by atoms with Gasteiger partial charge in [-0.2, -0.15) is 0 Å². The first-order chi connectivity index (χ1) is 31.9. The van der Waals surface area contributed by atoms with Crippen molar-refractivity contribution < 1.29 is 14.0 Å². The number of benzene rings is 9. The van der Waals surface area contributed by atoms with Crippen molar-refractivity contribution in [1.82, 2.24) is 0 Å². The highest BCUT2D eigenvalue weighted by molar-refractivity contribution is 6.64. The van der Waals surface area contributed by atoms with E-state index in [1.54, 1.807) is 14.2 Å². The summed E-state index contributed by atoms with van der Waals surface area (Å²) in [5, 5.41) is 0. The smallest absolute Gasteiger partial charge is 0.458 e. The van der Waals surface area contributed by atoms with Crippen LogP contribution in [-0.2, 0) is 14.7 Å². The van der Waals surface area contributed by atoms with Crippen LogP contribution in [0.1, 0.15) is 25.0 Å². The van der Waals surface area contributed by atoms with E-state index >= 15 is 0 Å². The summed E-state index contributed by atoms with van der Waals surface area (Å²) in [4.78, 5) is 4.58. The van der Waals surface area contributed by atoms with Gasteiger partial charge in [0.15, 0.2) is 0 Å². The Hall–Kier alpha value is -7.64. The molecule has 1 aliphatic carbocycles. The van der Waals surface area contributed by atoms with E-state index in [-0.39, 0.29) is 5.41 Å². The largest absolute Gasteiger partial charge is 0.499 e. The molecular weight excluding hydrogens is 795 g/mol. The molecule has 9 aromatic rings. The number of anilines is 6. The maximum atomic E-state index is 7.00. The van der Waals surface area contributed by atoms with Gasteiger partial charge in [0.25, 0.3) is 0 Å². The molecule has 0 heterocycles. The summed E-state index contributed by atoms with van der Waals surface area (Å²) in [6, 6.07) is 78.9. The second kappa shape index (κ2) is 17.9. The lowest BCUT2D eigenvalue weighted by Gasteiger charge is -2.30. The highest BCUT2D eigenvalue weighted by atomic mass is 16.6. The fourth-order valence-corrected chi connectivity index (χ4v) is 9.33. The molecule has 0 saturated heterocycles. The Labute approximate surface area is 382 Å². The number of fused-ring (bicyclic) bond motifs is 3. The van der Waals surface area contributed by atoms with Crippen molar-refractivity contribution >= 4 is 46.7 Å². The van der Waals surface area contributed by atoms with Gasteiger partial charge in [-0.3, -0.25) is 0 Å². The van der Waals surface area contributed by atoms with E-state index in [1.165, 1.54) is 16.7 Å². The molecule has 1 aliphatic rings. The van der Waals surface area contributed by atoms with Crippen LogP contribution in [0.5, 0.6) is 11.5 Å². The number of hydrogen-bond acceptors (Lipinski definition) is 5. The van der Waals surface area contributed by atoms with Crippen LogP contribution in [-0.4, -0.2) is 21.3 Å². The minimum atomic E-state index is -0.736. The highest BCUT2D eigenvalue weighted by Gasteiger charge is 2.37. The fourth-order valence-electron chi connectivity index (χ4n) is 9.33. The van der Waals surface area contributed by atoms with Crippen LogP contribution in [0.4, 0.5) is 34.1 Å². The van der Waals surface area contributed by atoms with Crippen LogP contribution in [0.15, 0.2) is 224 Å². The second-order valence-electron chi connectivity index (χ2n) is 16.8. The molecular formula is C59H49BN2O3. The molecule has 0 radical (unpaired) electrons. The van der Waals surface area contributed by atoms with Gasteiger partial charge < -0.3 is 23.8 Å². The molecule has 0 aromatic heterocycles. The number of ether oxygens (including phenoxy) is 1. The SMILES string of the molecule is COB(OC)c1c(Oc2ccc3c(c2)-c2ccc(N(c4ccccc4)c4ccccc4)cc2C3(C)C)cccc1N(c1ccc(-c2ccccc2)cc1)c1ccc(-c2ccccc2)cc1. The van der Waals surface area contributed by atoms with Crippen molar-refractivity contribution in [2.24, 2.45) is 0 Å². The lowest BCUT2D eigenvalue weighted by molar-refractivity contribution is 0.291. The lowest BCUT2D eigenvalue weighted by Crippen LogP contribution is -2.39. The van der Waals surface area contributed by atoms with Crippen LogP contribution in [0, 0.1) is 0 Å². The van der Waals surface area contributed by atoms with Crippen LogP contribution >= 0.6 is 0 Å². The monoisotopic (exact) mass is 844 g/mol. The van der Waals surface area contributed by atoms with Crippen molar-refractivity contribution in [3.63, 3.8) is 0 Å². The summed E-state index contributed by atoms with van der Waals surface area (Å²) in [5.74, 6) is 1.36. The van der Waals surface area contributed by atoms with Gasteiger partial charge in [-0.1, -0.05) is 153 Å². The summed E-state index contributed by atoms with van der Waals surface area (Å²) in [5.41, 5.74) is 16.2. The molecule has 0 N–H and O–H groups in total. The summed E-state index contributed by atoms with van der Waals surface area (Å²) in [6.07, 6.45) is 0. The van der Waals surface area contributed by atoms with Crippen LogP contribution in [0.25, 0.3) is 33.4 Å². The van der Waals surface area contributed by atoms with Gasteiger partial charge >= 0.3 is 7.12 Å². The Morgan fingerprint density at radius 2 is 0.862 bits per heavy atom. The van der Waals surface area contributed by atoms with E-state index in [2.05, 4.69) is 224 Å². The molecule has 5 nitrogen and oxygen atoms in total. The highest BCUT2D eigenvalue weighted by Crippen LogP contribution is 2.52. The molecule has 0 spiro atoms. The quantitative estimate of drug-likeness (QED) is 0.108. The van der Waals surface area contributed by atoms with E-state index in [0.717, 1.165) is 73.2 Å². The zero-order chi connectivity index (χ0) is 44.3. The molecule has 65 heavy (non-hydrogen) atoms. The molecule has 9 aromatic carbocycles. The van der Waals surface area contributed by atoms with E-state index in [9.17, 15) is 0 Å². The molecule has 0 saturated carbocycles. The zero-order valence-electron chi connectivity index (χ0n) is 37.1. The van der Waals surface area contributed by atoms with Gasteiger partial charge in [0.2, 0.25) is 0 Å². The molecule has 0 fully saturated rings. The Morgan fingerprint density at radius 3 is 1.38 bits per heavy atom. The topological polar surface area (TPSA) is 34.2 Å². The molecule has 0 bridgehead atoms. The normalized spacial score (nSPS) is 12.2. The first kappa shape index (κ1) is 41.4. The molecule has 0 aliphatic heterocycles. The van der Waals surface area contributed by atoms with Crippen LogP contribution in [0.3, 0.4) is 0 Å². The Kier molecular flexibility index (Phi) is 11.4. The summed E-state index contributed by atoms with van der Waals surface area (Å²) >= 11 is 0. The van der Waals surface area contributed by atoms with Crippen LogP contribution < -0.4 is 20.0 Å². The third-order valence-corrected chi connectivity index (χ3v) is 12.6. The predicted molar refractivity (Wildman–Crippen MR) is 270 cm³/mol. The van der Waals surface area contributed by atoms with Crippen molar-refractivity contribution in [1.29, 1.82) is 0 Å². The minimum absolute atomic E-state index is 0.243. The summed E-state index contributed by atoms with van der Waals surface area (Å²) in [6.45, 7) is 4.63. The van der Waals surface area contributed by atoms with E-state index in [1.807, 2.05) is 24.3 Å². The van der Waals surface area contributed by atoms with Gasteiger partial charge in [-0.25, -0.2) is 0 Å². The molecule has 6 heteroatoms. The molecule has 10 rings (SSSR count). The van der Waals surface area contributed by atoms with Gasteiger partial charge in [0.1, 0.15) is 11.5 Å². The molecule has 0 atom stereocenters. The van der Waals surface area contributed by atoms with E-state index in [0.29, 0.717) is 5.75 Å². The number of para-hydroxylation sites is 2. The predicted octanol–water partition coefficient (Wildman–Crippen LogP) is 15.0. The van der Waals surface area contributed by atoms with E-state index in [4.69, 9.17) is 14.0 Å². The maximum Gasteiger partial charge on any atom is 0.499 e. The van der Waals surface area contributed by atoms with Gasteiger partial charge in [0, 0.05) is 59.2 Å². The number of nitrogens with zero attached hydrogens (tertiary/aromatic N) is 2. The molecule has 0 unspecified atom stereocenters. The van der Waals surface area contributed by atoms with Gasteiger partial charge in [0.05, 0.1) is 0 Å². The number of rotatable bonds is 13. The molecule has 316 valence electrons. The van der Waals surface area contributed by atoms with Crippen molar-refractivity contribution in [3.05, 3.63) is 236 Å². The third kappa shape index (κ3) is 7.99. The summed E-state index contributed by atoms with van der Waals surface area (Å²) in [7, 11) is 2.60. The standard InChI is InChI=1S/C59H49BN2O3/c1-59(2)54-39-37-51(41-53(54)52-38-36-50(40-55(52)59)61(46-22-13-7-14-23-46)47-24-15-8-16-25-47)65-57-27-17-26-56(58(57)60(63-3)64-4)62(48-32-28-44(29-33-48)42-18-9-5-10-19-42)49-34-30-45(31-35-49)43-20-11-6-12-21-43/h5-41H,1-4H3. The Morgan fingerprint density at radius 1 is 0.385 bits per heavy atom. The zero-order valence-corrected chi connectivity index (χ0v) is 37.1. The van der Waals surface area contributed by atoms with Crippen molar-refractivity contribution in [2.75, 3.05) is 24.0 Å². The van der Waals surface area contributed by atoms with Crippen LogP contribution in [0.2, 0.25) is 0 Å². The van der Waals surface area contributed by atoms with Crippen molar-refractivity contribution in [3.8, 4) is 44.9 Å². The minimum Gasteiger partial charge on any atom is -0.458 e. The van der Waals surface area contributed by atoms with Crippen molar-refractivity contribution in [2.45, 2.75) is 19.3 Å². The van der Waals surface area contributed by atoms with Gasteiger partial charge in [-0.15, -0.1) is 0 Å². The third-order valence-electron chi connectivity index (χ3n) is 12.6. The average molecular weight is 845 g/mol. The number of hydrogen-bond donors (Lipinski definition) is 0. The average Bonchev–Trinajstić information content (AvgIpc) is 3.58. The molecule has 0 amide bonds.